The van der Waals surface area contributed by atoms with E-state index >= 15 is 0 Å². The van der Waals surface area contributed by atoms with Crippen LogP contribution in [0.2, 0.25) is 0 Å². The fourth-order valence-electron chi connectivity index (χ4n) is 1.49. The highest BCUT2D eigenvalue weighted by Crippen LogP contribution is 2.24. The Balaban J connectivity index is 2.42. The minimum Gasteiger partial charge on any atom is -0.382 e. The van der Waals surface area contributed by atoms with Crippen LogP contribution < -0.4 is 5.32 Å². The molecule has 0 aliphatic carbocycles. The molecule has 1 nitrogen and oxygen atoms in total. The van der Waals surface area contributed by atoms with Gasteiger partial charge in [-0.1, -0.05) is 18.2 Å². The normalized spacial score (nSPS) is 21.9. The molecule has 1 N–H and O–H groups in total. The Labute approximate surface area is 61.1 Å². The molecule has 0 saturated carbocycles. The molecule has 0 spiro atoms. The maximum absolute atomic E-state index is 3.40. The van der Waals surface area contributed by atoms with Crippen LogP contribution in [0.1, 0.15) is 12.5 Å². The largest absolute Gasteiger partial charge is 0.382 e. The number of rotatable bonds is 0. The van der Waals surface area contributed by atoms with Gasteiger partial charge >= 0.3 is 0 Å². The molecule has 1 aliphatic rings. The molecule has 1 aliphatic heterocycles. The lowest BCUT2D eigenvalue weighted by molar-refractivity contribution is 0.839. The van der Waals surface area contributed by atoms with Gasteiger partial charge in [0.05, 0.1) is 0 Å². The molecule has 0 fully saturated rings. The number of benzene rings is 1. The van der Waals surface area contributed by atoms with Crippen molar-refractivity contribution in [1.29, 1.82) is 0 Å². The van der Waals surface area contributed by atoms with Gasteiger partial charge in [0, 0.05) is 11.7 Å². The maximum Gasteiger partial charge on any atom is 0.0375 e. The minimum atomic E-state index is 0.623. The summed E-state index contributed by atoms with van der Waals surface area (Å²) in [5.74, 6) is 0. The lowest BCUT2D eigenvalue weighted by Crippen LogP contribution is -2.08. The molecule has 1 aromatic carbocycles. The number of fused-ring (bicyclic) bond motifs is 1. The van der Waals surface area contributed by atoms with Gasteiger partial charge in [-0.3, -0.25) is 0 Å². The van der Waals surface area contributed by atoms with Crippen LogP contribution in [0.15, 0.2) is 24.3 Å². The van der Waals surface area contributed by atoms with Gasteiger partial charge in [0.15, 0.2) is 0 Å². The molecule has 1 heterocycles. The zero-order valence-electron chi connectivity index (χ0n) is 6.09. The summed E-state index contributed by atoms with van der Waals surface area (Å²) in [6.45, 7) is 2.21. The molecular formula is C9H11N. The lowest BCUT2D eigenvalue weighted by Gasteiger charge is -2.00. The zero-order chi connectivity index (χ0) is 6.97. The van der Waals surface area contributed by atoms with E-state index in [0.29, 0.717) is 6.04 Å². The monoisotopic (exact) mass is 133 g/mol. The third-order valence-corrected chi connectivity index (χ3v) is 1.95. The number of para-hydroxylation sites is 1. The molecule has 2 rings (SSSR count). The second-order valence-electron chi connectivity index (χ2n) is 2.91. The van der Waals surface area contributed by atoms with E-state index in [1.807, 2.05) is 0 Å². The second kappa shape index (κ2) is 2.01. The molecule has 10 heavy (non-hydrogen) atoms. The van der Waals surface area contributed by atoms with Gasteiger partial charge < -0.3 is 5.32 Å². The molecule has 1 atom stereocenters. The first-order chi connectivity index (χ1) is 4.86. The van der Waals surface area contributed by atoms with Crippen LogP contribution in [0.25, 0.3) is 0 Å². The van der Waals surface area contributed by atoms with Gasteiger partial charge in [-0.05, 0) is 25.0 Å². The summed E-state index contributed by atoms with van der Waals surface area (Å²) in [6, 6.07) is 9.12. The first-order valence-electron chi connectivity index (χ1n) is 3.71. The summed E-state index contributed by atoms with van der Waals surface area (Å²) in [5.41, 5.74) is 2.77. The van der Waals surface area contributed by atoms with Crippen LogP contribution >= 0.6 is 0 Å². The van der Waals surface area contributed by atoms with Crippen LogP contribution in [0.4, 0.5) is 5.69 Å². The molecule has 0 saturated heterocycles. The molecule has 1 aromatic rings. The minimum absolute atomic E-state index is 0.623. The highest BCUT2D eigenvalue weighted by molar-refractivity contribution is 5.56. The second-order valence-corrected chi connectivity index (χ2v) is 2.91. The Hall–Kier alpha value is -0.980. The van der Waals surface area contributed by atoms with Crippen molar-refractivity contribution in [1.82, 2.24) is 0 Å². The van der Waals surface area contributed by atoms with Crippen molar-refractivity contribution in [3.8, 4) is 0 Å². The Bertz CT molecular complexity index is 217. The number of hydrogen-bond donors (Lipinski definition) is 1. The van der Waals surface area contributed by atoms with Crippen molar-refractivity contribution < 1.29 is 0 Å². The van der Waals surface area contributed by atoms with Gasteiger partial charge in [-0.25, -0.2) is 0 Å². The Morgan fingerprint density at radius 3 is 3.00 bits per heavy atom. The lowest BCUT2D eigenvalue weighted by atomic mass is 10.1. The van der Waals surface area contributed by atoms with Gasteiger partial charge in [0.25, 0.3) is 0 Å². The molecule has 0 bridgehead atoms. The Kier molecular flexibility index (Phi) is 1.16. The first kappa shape index (κ1) is 5.78. The molecule has 0 unspecified atom stereocenters. The molecule has 52 valence electrons. The van der Waals surface area contributed by atoms with E-state index in [1.54, 1.807) is 0 Å². The van der Waals surface area contributed by atoms with E-state index in [0.717, 1.165) is 0 Å². The van der Waals surface area contributed by atoms with E-state index in [2.05, 4.69) is 36.5 Å². The average molecular weight is 133 g/mol. The SMILES string of the molecule is C[C@H]1Cc2ccccc2N1. The summed E-state index contributed by atoms with van der Waals surface area (Å²) in [7, 11) is 0. The molecule has 0 amide bonds. The van der Waals surface area contributed by atoms with Gasteiger partial charge in [0.1, 0.15) is 0 Å². The number of hydrogen-bond acceptors (Lipinski definition) is 1. The number of anilines is 1. The third-order valence-electron chi connectivity index (χ3n) is 1.95. The molecule has 1 heteroatoms. The standard InChI is InChI=1S/C9H11N/c1-7-6-8-4-2-3-5-9(8)10-7/h2-5,7,10H,6H2,1H3/t7-/m0/s1. The fraction of sp³-hybridized carbons (Fsp3) is 0.333. The van der Waals surface area contributed by atoms with Crippen molar-refractivity contribution in [2.24, 2.45) is 0 Å². The van der Waals surface area contributed by atoms with Crippen LogP contribution in [-0.2, 0) is 6.42 Å². The van der Waals surface area contributed by atoms with Crippen molar-refractivity contribution in [3.63, 3.8) is 0 Å². The van der Waals surface area contributed by atoms with Crippen LogP contribution in [0, 0.1) is 0 Å². The van der Waals surface area contributed by atoms with Crippen LogP contribution in [-0.4, -0.2) is 6.04 Å². The molecule has 0 aromatic heterocycles. The fourth-order valence-corrected chi connectivity index (χ4v) is 1.49. The van der Waals surface area contributed by atoms with Gasteiger partial charge in [-0.15, -0.1) is 0 Å². The molecule has 0 radical (unpaired) electrons. The predicted octanol–water partition coefficient (Wildman–Crippen LogP) is 2.04. The van der Waals surface area contributed by atoms with E-state index in [1.165, 1.54) is 17.7 Å². The summed E-state index contributed by atoms with van der Waals surface area (Å²) in [6.07, 6.45) is 1.18. The van der Waals surface area contributed by atoms with Crippen molar-refractivity contribution in [2.75, 3.05) is 5.32 Å². The quantitative estimate of drug-likeness (QED) is 0.571. The molecular weight excluding hydrogens is 122 g/mol. The topological polar surface area (TPSA) is 12.0 Å². The summed E-state index contributed by atoms with van der Waals surface area (Å²) in [5, 5.41) is 3.40. The highest BCUT2D eigenvalue weighted by Gasteiger charge is 2.14. The third kappa shape index (κ3) is 0.783. The first-order valence-corrected chi connectivity index (χ1v) is 3.71. The van der Waals surface area contributed by atoms with Gasteiger partial charge in [-0.2, -0.15) is 0 Å². The van der Waals surface area contributed by atoms with E-state index in [9.17, 15) is 0 Å². The van der Waals surface area contributed by atoms with Gasteiger partial charge in [0.2, 0.25) is 0 Å². The average Bonchev–Trinajstić information content (AvgIpc) is 2.27. The zero-order valence-corrected chi connectivity index (χ0v) is 6.09. The predicted molar refractivity (Wildman–Crippen MR) is 43.2 cm³/mol. The summed E-state index contributed by atoms with van der Waals surface area (Å²) in [4.78, 5) is 0. The Morgan fingerprint density at radius 1 is 1.40 bits per heavy atom. The van der Waals surface area contributed by atoms with E-state index in [-0.39, 0.29) is 0 Å². The van der Waals surface area contributed by atoms with Crippen molar-refractivity contribution >= 4 is 5.69 Å². The Morgan fingerprint density at radius 2 is 2.20 bits per heavy atom. The smallest absolute Gasteiger partial charge is 0.0375 e. The van der Waals surface area contributed by atoms with Crippen LogP contribution in [0.3, 0.4) is 0 Å². The maximum atomic E-state index is 3.40. The van der Waals surface area contributed by atoms with E-state index < -0.39 is 0 Å². The summed E-state index contributed by atoms with van der Waals surface area (Å²) < 4.78 is 0. The van der Waals surface area contributed by atoms with E-state index in [4.69, 9.17) is 0 Å². The van der Waals surface area contributed by atoms with Crippen molar-refractivity contribution in [3.05, 3.63) is 29.8 Å². The highest BCUT2D eigenvalue weighted by atomic mass is 14.9. The van der Waals surface area contributed by atoms with Crippen molar-refractivity contribution in [2.45, 2.75) is 19.4 Å². The number of nitrogens with one attached hydrogen (secondary N) is 1. The van der Waals surface area contributed by atoms with Crippen LogP contribution in [0.5, 0.6) is 0 Å². The summed E-state index contributed by atoms with van der Waals surface area (Å²) >= 11 is 0.